The molecule has 4 heteroatoms. The minimum Gasteiger partial charge on any atom is -0.493 e. The lowest BCUT2D eigenvalue weighted by atomic mass is 9.86. The van der Waals surface area contributed by atoms with Crippen molar-refractivity contribution in [3.05, 3.63) is 40.3 Å². The molecule has 0 N–H and O–H groups in total. The molecule has 0 heterocycles. The molecule has 0 bridgehead atoms. The number of nitrogens with zero attached hydrogens (tertiary/aromatic N) is 3. The highest BCUT2D eigenvalue weighted by Crippen LogP contribution is 2.28. The lowest BCUT2D eigenvalue weighted by Gasteiger charge is -2.25. The topological polar surface area (TPSA) is 58.0 Å². The third kappa shape index (κ3) is 3.40. The van der Waals surface area contributed by atoms with E-state index in [0.29, 0.717) is 6.54 Å². The summed E-state index contributed by atoms with van der Waals surface area (Å²) >= 11 is 0. The molecule has 1 aromatic carbocycles. The van der Waals surface area contributed by atoms with Gasteiger partial charge in [-0.25, -0.2) is 0 Å². The second kappa shape index (κ2) is 6.16. The highest BCUT2D eigenvalue weighted by Gasteiger charge is 2.18. The van der Waals surface area contributed by atoms with E-state index in [0.717, 1.165) is 30.3 Å². The molecule has 0 amide bonds. The molecule has 0 aliphatic heterocycles. The summed E-state index contributed by atoms with van der Waals surface area (Å²) in [6.45, 7) is 1.30. The fraction of sp³-hybridized carbons (Fsp3) is 0.538. The minimum absolute atomic E-state index is 0.486. The Morgan fingerprint density at radius 2 is 2.18 bits per heavy atom. The molecule has 1 aromatic rings. The van der Waals surface area contributed by atoms with E-state index in [1.54, 1.807) is 0 Å². The van der Waals surface area contributed by atoms with E-state index >= 15 is 0 Å². The van der Waals surface area contributed by atoms with Crippen molar-refractivity contribution in [3.63, 3.8) is 0 Å². The van der Waals surface area contributed by atoms with Crippen LogP contribution in [0.25, 0.3) is 10.4 Å². The second-order valence-corrected chi connectivity index (χ2v) is 4.42. The Morgan fingerprint density at radius 3 is 2.88 bits per heavy atom. The van der Waals surface area contributed by atoms with Crippen LogP contribution in [0.3, 0.4) is 0 Å². The van der Waals surface area contributed by atoms with E-state index in [-0.39, 0.29) is 0 Å². The average molecular weight is 231 g/mol. The van der Waals surface area contributed by atoms with Crippen molar-refractivity contribution in [3.8, 4) is 5.75 Å². The predicted molar refractivity (Wildman–Crippen MR) is 67.0 cm³/mol. The molecular weight excluding hydrogens is 214 g/mol. The normalized spacial score (nSPS) is 14.8. The van der Waals surface area contributed by atoms with E-state index in [1.807, 2.05) is 24.3 Å². The maximum absolute atomic E-state index is 8.26. The third-order valence-corrected chi connectivity index (χ3v) is 3.22. The number of hydrogen-bond acceptors (Lipinski definition) is 2. The zero-order chi connectivity index (χ0) is 11.9. The summed E-state index contributed by atoms with van der Waals surface area (Å²) < 4.78 is 5.84. The summed E-state index contributed by atoms with van der Waals surface area (Å²) in [5, 5.41) is 3.56. The molecule has 1 fully saturated rings. The van der Waals surface area contributed by atoms with E-state index in [1.165, 1.54) is 19.3 Å². The largest absolute Gasteiger partial charge is 0.493 e. The number of hydrogen-bond donors (Lipinski definition) is 0. The highest BCUT2D eigenvalue weighted by molar-refractivity contribution is 5.33. The van der Waals surface area contributed by atoms with Crippen molar-refractivity contribution in [1.29, 1.82) is 0 Å². The smallest absolute Gasteiger partial charge is 0.122 e. The summed E-state index contributed by atoms with van der Waals surface area (Å²) in [7, 11) is 0. The van der Waals surface area contributed by atoms with Crippen LogP contribution < -0.4 is 4.74 Å². The first-order chi connectivity index (χ1) is 8.40. The molecule has 0 atom stereocenters. The molecule has 1 saturated carbocycles. The standard InChI is InChI=1S/C13H17N3O/c14-16-15-9-8-12-6-1-2-7-13(12)17-10-11-4-3-5-11/h1-2,6-7,11H,3-5,8-10H2. The number of ether oxygens (including phenoxy) is 1. The van der Waals surface area contributed by atoms with Gasteiger partial charge in [0, 0.05) is 11.5 Å². The molecule has 1 aliphatic carbocycles. The van der Waals surface area contributed by atoms with Crippen molar-refractivity contribution in [1.82, 2.24) is 0 Å². The SMILES string of the molecule is [N-]=[N+]=NCCc1ccccc1OCC1CCC1. The monoisotopic (exact) mass is 231 g/mol. The summed E-state index contributed by atoms with van der Waals surface area (Å²) in [5.41, 5.74) is 9.38. The van der Waals surface area contributed by atoms with Crippen LogP contribution >= 0.6 is 0 Å². The fourth-order valence-corrected chi connectivity index (χ4v) is 1.93. The summed E-state index contributed by atoms with van der Waals surface area (Å²) in [4.78, 5) is 2.76. The van der Waals surface area contributed by atoms with Gasteiger partial charge in [0.05, 0.1) is 6.61 Å². The van der Waals surface area contributed by atoms with Crippen LogP contribution in [0.2, 0.25) is 0 Å². The Morgan fingerprint density at radius 1 is 1.35 bits per heavy atom. The third-order valence-electron chi connectivity index (χ3n) is 3.22. The summed E-state index contributed by atoms with van der Waals surface area (Å²) in [5.74, 6) is 1.67. The molecule has 0 saturated heterocycles. The Balaban J connectivity index is 1.91. The molecule has 0 aromatic heterocycles. The Kier molecular flexibility index (Phi) is 4.28. The number of rotatable bonds is 6. The molecule has 0 radical (unpaired) electrons. The summed E-state index contributed by atoms with van der Waals surface area (Å²) in [6.07, 6.45) is 4.67. The van der Waals surface area contributed by atoms with E-state index in [9.17, 15) is 0 Å². The fourth-order valence-electron chi connectivity index (χ4n) is 1.93. The first-order valence-corrected chi connectivity index (χ1v) is 6.11. The molecule has 90 valence electrons. The number of para-hydroxylation sites is 1. The highest BCUT2D eigenvalue weighted by atomic mass is 16.5. The van der Waals surface area contributed by atoms with Crippen LogP contribution in [-0.4, -0.2) is 13.2 Å². The predicted octanol–water partition coefficient (Wildman–Crippen LogP) is 3.72. The van der Waals surface area contributed by atoms with Crippen molar-refractivity contribution >= 4 is 0 Å². The molecule has 4 nitrogen and oxygen atoms in total. The van der Waals surface area contributed by atoms with Crippen molar-refractivity contribution < 1.29 is 4.74 Å². The average Bonchev–Trinajstić information content (AvgIpc) is 2.29. The van der Waals surface area contributed by atoms with Crippen LogP contribution in [0, 0.1) is 5.92 Å². The van der Waals surface area contributed by atoms with Gasteiger partial charge in [-0.2, -0.15) is 0 Å². The maximum Gasteiger partial charge on any atom is 0.122 e. The Hall–Kier alpha value is -1.67. The lowest BCUT2D eigenvalue weighted by Crippen LogP contribution is -2.19. The molecule has 1 aliphatic rings. The number of azide groups is 1. The van der Waals surface area contributed by atoms with Gasteiger partial charge in [0.25, 0.3) is 0 Å². The van der Waals surface area contributed by atoms with E-state index in [4.69, 9.17) is 10.3 Å². The number of benzene rings is 1. The maximum atomic E-state index is 8.26. The lowest BCUT2D eigenvalue weighted by molar-refractivity contribution is 0.179. The molecule has 0 unspecified atom stereocenters. The van der Waals surface area contributed by atoms with Gasteiger partial charge in [-0.1, -0.05) is 29.7 Å². The Labute approximate surface area is 101 Å². The van der Waals surface area contributed by atoms with Gasteiger partial charge in [-0.3, -0.25) is 0 Å². The minimum atomic E-state index is 0.486. The second-order valence-electron chi connectivity index (χ2n) is 4.42. The van der Waals surface area contributed by atoms with Crippen LogP contribution in [0.1, 0.15) is 24.8 Å². The summed E-state index contributed by atoms with van der Waals surface area (Å²) in [6, 6.07) is 7.99. The van der Waals surface area contributed by atoms with Gasteiger partial charge in [-0.15, -0.1) is 0 Å². The van der Waals surface area contributed by atoms with Crippen molar-refractivity contribution in [2.45, 2.75) is 25.7 Å². The first kappa shape index (κ1) is 11.8. The van der Waals surface area contributed by atoms with Gasteiger partial charge in [0.15, 0.2) is 0 Å². The van der Waals surface area contributed by atoms with E-state index < -0.39 is 0 Å². The van der Waals surface area contributed by atoms with Crippen molar-refractivity contribution in [2.24, 2.45) is 11.0 Å². The van der Waals surface area contributed by atoms with Gasteiger partial charge in [-0.05, 0) is 42.3 Å². The van der Waals surface area contributed by atoms with Gasteiger partial charge in [0.1, 0.15) is 5.75 Å². The quantitative estimate of drug-likeness (QED) is 0.418. The zero-order valence-corrected chi connectivity index (χ0v) is 9.88. The van der Waals surface area contributed by atoms with E-state index in [2.05, 4.69) is 10.0 Å². The molecular formula is C13H17N3O. The van der Waals surface area contributed by atoms with Gasteiger partial charge < -0.3 is 4.74 Å². The van der Waals surface area contributed by atoms with Crippen LogP contribution in [0.15, 0.2) is 29.4 Å². The Bertz CT molecular complexity index is 409. The van der Waals surface area contributed by atoms with Crippen LogP contribution in [0.4, 0.5) is 0 Å². The van der Waals surface area contributed by atoms with Gasteiger partial charge >= 0.3 is 0 Å². The molecule has 2 rings (SSSR count). The van der Waals surface area contributed by atoms with Crippen LogP contribution in [-0.2, 0) is 6.42 Å². The first-order valence-electron chi connectivity index (χ1n) is 6.11. The van der Waals surface area contributed by atoms with Crippen LogP contribution in [0.5, 0.6) is 5.75 Å². The van der Waals surface area contributed by atoms with Gasteiger partial charge in [0.2, 0.25) is 0 Å². The molecule has 0 spiro atoms. The van der Waals surface area contributed by atoms with Crippen molar-refractivity contribution in [2.75, 3.05) is 13.2 Å². The molecule has 17 heavy (non-hydrogen) atoms. The zero-order valence-electron chi connectivity index (χ0n) is 9.88.